The molecule has 0 fully saturated rings. The van der Waals surface area contributed by atoms with Crippen LogP contribution in [0.1, 0.15) is 32.6 Å². The normalized spacial score (nSPS) is 10.8. The lowest BCUT2D eigenvalue weighted by Crippen LogP contribution is -2.14. The fraction of sp³-hybridized carbons (Fsp3) is 0.818. The minimum atomic E-state index is -0.0980. The van der Waals surface area contributed by atoms with Crippen molar-refractivity contribution >= 4 is 24.1 Å². The predicted octanol–water partition coefficient (Wildman–Crippen LogP) is 1.01. The summed E-state index contributed by atoms with van der Waals surface area (Å²) < 4.78 is 31.9. The molecule has 0 amide bonds. The van der Waals surface area contributed by atoms with Gasteiger partial charge in [0.25, 0.3) is 0 Å². The Bertz CT molecular complexity index is 515. The molecule has 11 nitrogen and oxygen atoms in total. The predicted molar refractivity (Wildman–Crippen MR) is 120 cm³/mol. The molecular weight excluding hydrogens is 438 g/mol. The van der Waals surface area contributed by atoms with Crippen LogP contribution in [0.25, 0.3) is 0 Å². The first-order chi connectivity index (χ1) is 16.1. The molecule has 0 saturated heterocycles. The Kier molecular flexibility index (Phi) is 23.5. The first-order valence-electron chi connectivity index (χ1n) is 11.1. The van der Waals surface area contributed by atoms with E-state index < -0.39 is 0 Å². The smallest absolute Gasteiger partial charge is 0.175 e. The topological polar surface area (TPSA) is 128 Å². The number of hydrogen-bond acceptors (Lipinski definition) is 11. The van der Waals surface area contributed by atoms with Crippen LogP contribution in [-0.4, -0.2) is 110 Å². The van der Waals surface area contributed by atoms with Gasteiger partial charge in [-0.3, -0.25) is 14.4 Å². The van der Waals surface area contributed by atoms with Crippen LogP contribution in [-0.2, 0) is 47.6 Å². The van der Waals surface area contributed by atoms with E-state index in [1.165, 1.54) is 6.92 Å². The van der Waals surface area contributed by atoms with Crippen LogP contribution >= 0.6 is 0 Å². The van der Waals surface area contributed by atoms with Crippen molar-refractivity contribution in [1.82, 2.24) is 0 Å². The van der Waals surface area contributed by atoms with E-state index in [-0.39, 0.29) is 37.2 Å². The molecule has 0 radical (unpaired) electrons. The van der Waals surface area contributed by atoms with Crippen LogP contribution in [0.5, 0.6) is 0 Å². The van der Waals surface area contributed by atoms with Crippen molar-refractivity contribution < 1.29 is 47.6 Å². The summed E-state index contributed by atoms with van der Waals surface area (Å²) in [4.78, 5) is 38.0. The third-order valence-electron chi connectivity index (χ3n) is 3.86. The summed E-state index contributed by atoms with van der Waals surface area (Å²) in [6.07, 6.45) is 2.00. The maximum absolute atomic E-state index is 11.5. The molecule has 0 spiro atoms. The van der Waals surface area contributed by atoms with Gasteiger partial charge in [-0.05, 0) is 19.8 Å². The number of hydrogen-bond donors (Lipinski definition) is 0. The second-order valence-electron chi connectivity index (χ2n) is 6.94. The SMILES string of the molecule is C=NOCC(=O)CCCOCCOCCOCCOCCOCCCC(=O)COCC(C)=O. The van der Waals surface area contributed by atoms with E-state index in [9.17, 15) is 14.4 Å². The first kappa shape index (κ1) is 31.2. The van der Waals surface area contributed by atoms with Crippen LogP contribution in [0.3, 0.4) is 0 Å². The molecule has 0 rings (SSSR count). The summed E-state index contributed by atoms with van der Waals surface area (Å²) in [5, 5.41) is 3.16. The number of ether oxygens (including phenoxy) is 6. The first-order valence-corrected chi connectivity index (χ1v) is 11.1. The molecule has 0 N–H and O–H groups in total. The molecule has 11 heteroatoms. The van der Waals surface area contributed by atoms with E-state index in [0.29, 0.717) is 91.8 Å². The molecular formula is C22H39NO10. The van der Waals surface area contributed by atoms with Crippen molar-refractivity contribution in [3.63, 3.8) is 0 Å². The fourth-order valence-corrected chi connectivity index (χ4v) is 2.30. The summed E-state index contributed by atoms with van der Waals surface area (Å²) in [6, 6.07) is 0. The van der Waals surface area contributed by atoms with Gasteiger partial charge >= 0.3 is 0 Å². The lowest BCUT2D eigenvalue weighted by atomic mass is 10.2. The Balaban J connectivity index is 3.15. The molecule has 0 aliphatic heterocycles. The van der Waals surface area contributed by atoms with Crippen molar-refractivity contribution in [3.05, 3.63) is 0 Å². The van der Waals surface area contributed by atoms with Crippen molar-refractivity contribution in [1.29, 1.82) is 0 Å². The van der Waals surface area contributed by atoms with Gasteiger partial charge in [0.2, 0.25) is 0 Å². The molecule has 0 aliphatic rings. The summed E-state index contributed by atoms with van der Waals surface area (Å²) >= 11 is 0. The van der Waals surface area contributed by atoms with Crippen LogP contribution in [0.15, 0.2) is 5.16 Å². The van der Waals surface area contributed by atoms with Gasteiger partial charge in [-0.1, -0.05) is 0 Å². The summed E-state index contributed by atoms with van der Waals surface area (Å²) in [7, 11) is 0. The third-order valence-corrected chi connectivity index (χ3v) is 3.86. The van der Waals surface area contributed by atoms with Crippen molar-refractivity contribution in [3.8, 4) is 0 Å². The molecule has 33 heavy (non-hydrogen) atoms. The highest BCUT2D eigenvalue weighted by Crippen LogP contribution is 1.95. The zero-order valence-electron chi connectivity index (χ0n) is 19.8. The molecule has 0 aromatic rings. The van der Waals surface area contributed by atoms with Crippen LogP contribution in [0, 0.1) is 0 Å². The molecule has 0 aromatic carbocycles. The van der Waals surface area contributed by atoms with Gasteiger partial charge in [-0.15, -0.1) is 5.16 Å². The van der Waals surface area contributed by atoms with E-state index >= 15 is 0 Å². The Morgan fingerprint density at radius 1 is 0.576 bits per heavy atom. The molecule has 0 unspecified atom stereocenters. The molecule has 0 saturated carbocycles. The number of rotatable bonds is 27. The van der Waals surface area contributed by atoms with E-state index in [0.717, 1.165) is 0 Å². The van der Waals surface area contributed by atoms with Crippen LogP contribution in [0.2, 0.25) is 0 Å². The van der Waals surface area contributed by atoms with Gasteiger partial charge in [0.15, 0.2) is 24.0 Å². The number of ketones is 3. The fourth-order valence-electron chi connectivity index (χ4n) is 2.30. The zero-order chi connectivity index (χ0) is 24.4. The van der Waals surface area contributed by atoms with Crippen molar-refractivity contribution in [2.24, 2.45) is 5.16 Å². The Labute approximate surface area is 196 Å². The summed E-state index contributed by atoms with van der Waals surface area (Å²) in [5.74, 6) is -0.171. The molecule has 0 aromatic heterocycles. The monoisotopic (exact) mass is 477 g/mol. The minimum absolute atomic E-state index is 0.0247. The van der Waals surface area contributed by atoms with Gasteiger partial charge in [0.1, 0.15) is 13.2 Å². The van der Waals surface area contributed by atoms with E-state index in [2.05, 4.69) is 16.7 Å². The second-order valence-corrected chi connectivity index (χ2v) is 6.94. The van der Waals surface area contributed by atoms with E-state index in [1.807, 2.05) is 0 Å². The molecule has 0 atom stereocenters. The van der Waals surface area contributed by atoms with E-state index in [1.54, 1.807) is 0 Å². The highest BCUT2D eigenvalue weighted by molar-refractivity contribution is 5.81. The maximum atomic E-state index is 11.5. The minimum Gasteiger partial charge on any atom is -0.388 e. The second kappa shape index (κ2) is 24.9. The highest BCUT2D eigenvalue weighted by atomic mass is 16.6. The maximum Gasteiger partial charge on any atom is 0.175 e. The molecule has 0 aliphatic carbocycles. The largest absolute Gasteiger partial charge is 0.388 e. The number of Topliss-reactive ketones (excluding diaryl/α,β-unsaturated/α-hetero) is 3. The summed E-state index contributed by atoms with van der Waals surface area (Å²) in [5.41, 5.74) is 0. The summed E-state index contributed by atoms with van der Waals surface area (Å²) in [6.45, 7) is 9.10. The lowest BCUT2D eigenvalue weighted by molar-refractivity contribution is -0.128. The number of carbonyl (C=O) groups is 3. The third kappa shape index (κ3) is 26.4. The zero-order valence-corrected chi connectivity index (χ0v) is 19.8. The number of oxime groups is 1. The number of carbonyl (C=O) groups excluding carboxylic acids is 3. The van der Waals surface area contributed by atoms with Crippen molar-refractivity contribution in [2.75, 3.05) is 85.9 Å². The Hall–Kier alpha value is -1.76. The highest BCUT2D eigenvalue weighted by Gasteiger charge is 2.03. The quantitative estimate of drug-likeness (QED) is 0.0960. The van der Waals surface area contributed by atoms with E-state index in [4.69, 9.17) is 28.4 Å². The average molecular weight is 478 g/mol. The van der Waals surface area contributed by atoms with Gasteiger partial charge in [0.05, 0.1) is 52.9 Å². The number of nitrogens with zero attached hydrogens (tertiary/aromatic N) is 1. The molecule has 0 bridgehead atoms. The average Bonchev–Trinajstić information content (AvgIpc) is 2.78. The lowest BCUT2D eigenvalue weighted by Gasteiger charge is -2.08. The van der Waals surface area contributed by atoms with Gasteiger partial charge in [-0.25, -0.2) is 0 Å². The Morgan fingerprint density at radius 2 is 0.970 bits per heavy atom. The van der Waals surface area contributed by atoms with Gasteiger partial charge in [-0.2, -0.15) is 0 Å². The van der Waals surface area contributed by atoms with Crippen LogP contribution < -0.4 is 0 Å². The van der Waals surface area contributed by atoms with Crippen molar-refractivity contribution in [2.45, 2.75) is 32.6 Å². The Morgan fingerprint density at radius 3 is 1.36 bits per heavy atom. The molecule has 0 heterocycles. The standard InChI is InChI=1S/C22H39NO10/c1-20(24)17-32-18-21(25)5-3-7-27-9-11-29-13-15-31-16-14-30-12-10-28-8-4-6-22(26)19-33-23-2/h2-19H2,1H3. The van der Waals surface area contributed by atoms with Gasteiger partial charge < -0.3 is 33.3 Å². The van der Waals surface area contributed by atoms with Crippen LogP contribution in [0.4, 0.5) is 0 Å². The van der Waals surface area contributed by atoms with Gasteiger partial charge in [0, 0.05) is 32.8 Å². The molecule has 192 valence electrons.